The molecule has 0 aliphatic carbocycles. The standard InChI is InChI=1S/C16H17ClN2O5/c1-2-3-14(16(20)21)18-9-11-5-7-15(24-11)12-6-4-10(19(22)23)8-13(12)17/h4-8,14,18H,2-3,9H2,1H3,(H,20,21). The van der Waals surface area contributed by atoms with Gasteiger partial charge in [-0.2, -0.15) is 0 Å². The molecule has 0 saturated heterocycles. The van der Waals surface area contributed by atoms with Crippen molar-refractivity contribution in [1.29, 1.82) is 0 Å². The van der Waals surface area contributed by atoms with Crippen LogP contribution in [-0.4, -0.2) is 22.0 Å². The number of hydrogen-bond acceptors (Lipinski definition) is 5. The van der Waals surface area contributed by atoms with Gasteiger partial charge in [0.2, 0.25) is 0 Å². The van der Waals surface area contributed by atoms with Crippen molar-refractivity contribution in [1.82, 2.24) is 5.32 Å². The molecule has 0 saturated carbocycles. The maximum Gasteiger partial charge on any atom is 0.320 e. The summed E-state index contributed by atoms with van der Waals surface area (Å²) < 4.78 is 5.65. The highest BCUT2D eigenvalue weighted by atomic mass is 35.5. The Morgan fingerprint density at radius 2 is 2.17 bits per heavy atom. The van der Waals surface area contributed by atoms with Crippen LogP contribution in [0.4, 0.5) is 5.69 Å². The molecule has 0 aliphatic rings. The minimum atomic E-state index is -0.901. The van der Waals surface area contributed by atoms with Crippen molar-refractivity contribution in [3.8, 4) is 11.3 Å². The van der Waals surface area contributed by atoms with Crippen molar-refractivity contribution < 1.29 is 19.2 Å². The molecule has 0 spiro atoms. The number of benzene rings is 1. The molecule has 1 unspecified atom stereocenters. The van der Waals surface area contributed by atoms with Gasteiger partial charge in [0.05, 0.1) is 16.5 Å². The van der Waals surface area contributed by atoms with Crippen LogP contribution in [0.15, 0.2) is 34.7 Å². The SMILES string of the molecule is CCCC(NCc1ccc(-c2ccc([N+](=O)[O-])cc2Cl)o1)C(=O)O. The number of non-ortho nitro benzene ring substituents is 1. The highest BCUT2D eigenvalue weighted by molar-refractivity contribution is 6.33. The highest BCUT2D eigenvalue weighted by Crippen LogP contribution is 2.32. The molecule has 1 heterocycles. The number of carboxylic acids is 1. The Morgan fingerprint density at radius 3 is 2.75 bits per heavy atom. The normalized spacial score (nSPS) is 12.1. The summed E-state index contributed by atoms with van der Waals surface area (Å²) in [7, 11) is 0. The number of nitrogens with one attached hydrogen (secondary N) is 1. The van der Waals surface area contributed by atoms with Crippen molar-refractivity contribution in [3.63, 3.8) is 0 Å². The predicted molar refractivity (Wildman–Crippen MR) is 89.0 cm³/mol. The molecule has 7 nitrogen and oxygen atoms in total. The van der Waals surface area contributed by atoms with E-state index in [0.29, 0.717) is 23.5 Å². The molecule has 24 heavy (non-hydrogen) atoms. The summed E-state index contributed by atoms with van der Waals surface area (Å²) >= 11 is 6.07. The molecule has 0 aliphatic heterocycles. The highest BCUT2D eigenvalue weighted by Gasteiger charge is 2.17. The number of nitrogens with zero attached hydrogens (tertiary/aromatic N) is 1. The number of hydrogen-bond donors (Lipinski definition) is 2. The second-order valence-corrected chi connectivity index (χ2v) is 5.65. The van der Waals surface area contributed by atoms with Crippen molar-refractivity contribution in [2.75, 3.05) is 0 Å². The molecule has 2 aromatic rings. The van der Waals surface area contributed by atoms with Crippen LogP contribution in [0.3, 0.4) is 0 Å². The summed E-state index contributed by atoms with van der Waals surface area (Å²) in [5.74, 6) is 0.123. The molecule has 1 aromatic carbocycles. The lowest BCUT2D eigenvalue weighted by atomic mass is 10.1. The molecular weight excluding hydrogens is 336 g/mol. The molecule has 1 aromatic heterocycles. The Kier molecular flexibility index (Phi) is 5.94. The summed E-state index contributed by atoms with van der Waals surface area (Å²) in [6.07, 6.45) is 1.28. The summed E-state index contributed by atoms with van der Waals surface area (Å²) in [5.41, 5.74) is 0.443. The van der Waals surface area contributed by atoms with Crippen LogP contribution in [0.5, 0.6) is 0 Å². The van der Waals surface area contributed by atoms with Gasteiger partial charge in [-0.1, -0.05) is 24.9 Å². The molecule has 0 bridgehead atoms. The monoisotopic (exact) mass is 352 g/mol. The number of nitro groups is 1. The first-order valence-corrected chi connectivity index (χ1v) is 7.79. The van der Waals surface area contributed by atoms with Gasteiger partial charge in [-0.15, -0.1) is 0 Å². The molecule has 0 fully saturated rings. The van der Waals surface area contributed by atoms with Gasteiger partial charge in [0.1, 0.15) is 17.6 Å². The van der Waals surface area contributed by atoms with E-state index in [1.165, 1.54) is 18.2 Å². The van der Waals surface area contributed by atoms with Crippen LogP contribution < -0.4 is 5.32 Å². The lowest BCUT2D eigenvalue weighted by molar-refractivity contribution is -0.384. The molecule has 1 atom stereocenters. The van der Waals surface area contributed by atoms with Gasteiger partial charge in [0.25, 0.3) is 5.69 Å². The van der Waals surface area contributed by atoms with Gasteiger partial charge in [-0.3, -0.25) is 20.2 Å². The van der Waals surface area contributed by atoms with Crippen LogP contribution in [0.1, 0.15) is 25.5 Å². The molecule has 128 valence electrons. The zero-order chi connectivity index (χ0) is 17.7. The fourth-order valence-electron chi connectivity index (χ4n) is 2.26. The number of carboxylic acid groups (broad SMARTS) is 1. The minimum Gasteiger partial charge on any atom is -0.480 e. The lowest BCUT2D eigenvalue weighted by Gasteiger charge is -2.12. The van der Waals surface area contributed by atoms with Crippen LogP contribution >= 0.6 is 11.6 Å². The van der Waals surface area contributed by atoms with Crippen LogP contribution in [0.25, 0.3) is 11.3 Å². The van der Waals surface area contributed by atoms with E-state index in [4.69, 9.17) is 21.1 Å². The van der Waals surface area contributed by atoms with Gasteiger partial charge in [-0.25, -0.2) is 0 Å². The van der Waals surface area contributed by atoms with Gasteiger partial charge < -0.3 is 9.52 Å². The number of carbonyl (C=O) groups is 1. The topological polar surface area (TPSA) is 106 Å². The molecule has 2 rings (SSSR count). The number of furan rings is 1. The minimum absolute atomic E-state index is 0.0962. The Hall–Kier alpha value is -2.38. The Morgan fingerprint density at radius 1 is 1.42 bits per heavy atom. The number of aliphatic carboxylic acids is 1. The van der Waals surface area contributed by atoms with E-state index in [9.17, 15) is 14.9 Å². The summed E-state index contributed by atoms with van der Waals surface area (Å²) in [4.78, 5) is 21.3. The number of halogens is 1. The van der Waals surface area contributed by atoms with Gasteiger partial charge in [-0.05, 0) is 24.6 Å². The first-order valence-electron chi connectivity index (χ1n) is 7.41. The maximum absolute atomic E-state index is 11.1. The predicted octanol–water partition coefficient (Wildman–Crippen LogP) is 3.85. The third-order valence-corrected chi connectivity index (χ3v) is 3.80. The van der Waals surface area contributed by atoms with Crippen molar-refractivity contribution in [2.24, 2.45) is 0 Å². The van der Waals surface area contributed by atoms with Crippen LogP contribution in [0, 0.1) is 10.1 Å². The zero-order valence-corrected chi connectivity index (χ0v) is 13.7. The van der Waals surface area contributed by atoms with E-state index in [1.807, 2.05) is 6.92 Å². The second-order valence-electron chi connectivity index (χ2n) is 5.25. The first kappa shape index (κ1) is 18.0. The fraction of sp³-hybridized carbons (Fsp3) is 0.312. The maximum atomic E-state index is 11.1. The Balaban J connectivity index is 2.10. The largest absolute Gasteiger partial charge is 0.480 e. The number of rotatable bonds is 8. The van der Waals surface area contributed by atoms with E-state index in [0.717, 1.165) is 6.42 Å². The van der Waals surface area contributed by atoms with E-state index in [2.05, 4.69) is 5.32 Å². The number of nitro benzene ring substituents is 1. The average molecular weight is 353 g/mol. The Bertz CT molecular complexity index is 744. The first-order chi connectivity index (χ1) is 11.4. The van der Waals surface area contributed by atoms with Crippen LogP contribution in [0.2, 0.25) is 5.02 Å². The van der Waals surface area contributed by atoms with Crippen molar-refractivity contribution in [2.45, 2.75) is 32.4 Å². The Labute approximate surface area is 143 Å². The summed E-state index contributed by atoms with van der Waals surface area (Å²) in [6.45, 7) is 2.18. The van der Waals surface area contributed by atoms with E-state index in [-0.39, 0.29) is 17.3 Å². The third-order valence-electron chi connectivity index (χ3n) is 3.49. The van der Waals surface area contributed by atoms with Gasteiger partial charge in [0, 0.05) is 17.7 Å². The van der Waals surface area contributed by atoms with Crippen molar-refractivity contribution in [3.05, 3.63) is 51.2 Å². The van der Waals surface area contributed by atoms with Crippen molar-refractivity contribution >= 4 is 23.3 Å². The van der Waals surface area contributed by atoms with E-state index < -0.39 is 16.9 Å². The average Bonchev–Trinajstić information content (AvgIpc) is 2.99. The van der Waals surface area contributed by atoms with Gasteiger partial charge >= 0.3 is 5.97 Å². The second kappa shape index (κ2) is 7.94. The van der Waals surface area contributed by atoms with Crippen LogP contribution in [-0.2, 0) is 11.3 Å². The van der Waals surface area contributed by atoms with Gasteiger partial charge in [0.15, 0.2) is 0 Å². The zero-order valence-electron chi connectivity index (χ0n) is 13.0. The third kappa shape index (κ3) is 4.33. The van der Waals surface area contributed by atoms with E-state index in [1.54, 1.807) is 12.1 Å². The summed E-state index contributed by atoms with van der Waals surface area (Å²) in [6, 6.07) is 6.91. The fourth-order valence-corrected chi connectivity index (χ4v) is 2.53. The summed E-state index contributed by atoms with van der Waals surface area (Å²) in [5, 5.41) is 23.0. The molecule has 0 amide bonds. The molecule has 2 N–H and O–H groups in total. The smallest absolute Gasteiger partial charge is 0.320 e. The molecular formula is C16H17ClN2O5. The lowest BCUT2D eigenvalue weighted by Crippen LogP contribution is -2.35. The molecule has 0 radical (unpaired) electrons. The van der Waals surface area contributed by atoms with E-state index >= 15 is 0 Å². The molecule has 8 heteroatoms. The quantitative estimate of drug-likeness (QED) is 0.552.